The van der Waals surface area contributed by atoms with E-state index in [1.165, 1.54) is 16.9 Å². The fraction of sp³-hybridized carbons (Fsp3) is 0.462. The summed E-state index contributed by atoms with van der Waals surface area (Å²) in [6, 6.07) is 7.94. The number of aryl methyl sites for hydroxylation is 1. The zero-order chi connectivity index (χ0) is 23.8. The van der Waals surface area contributed by atoms with E-state index >= 15 is 0 Å². The van der Waals surface area contributed by atoms with Gasteiger partial charge >= 0.3 is 0 Å². The topological polar surface area (TPSA) is 86.5 Å². The van der Waals surface area contributed by atoms with Gasteiger partial charge in [0.1, 0.15) is 9.71 Å². The van der Waals surface area contributed by atoms with Crippen LogP contribution in [-0.4, -0.2) is 31.7 Å². The Bertz CT molecular complexity index is 1180. The lowest BCUT2D eigenvalue weighted by atomic mass is 9.71. The van der Waals surface area contributed by atoms with Crippen molar-refractivity contribution in [2.45, 2.75) is 46.5 Å². The first-order valence-corrected chi connectivity index (χ1v) is 12.2. The van der Waals surface area contributed by atoms with Crippen LogP contribution < -0.4 is 20.5 Å². The Balaban J connectivity index is 1.47. The number of nitrogens with one attached hydrogen (secondary N) is 1. The first-order valence-electron chi connectivity index (χ1n) is 11.4. The first-order chi connectivity index (χ1) is 15.7. The number of nitrogens with zero attached hydrogens (tertiary/aromatic N) is 1. The second kappa shape index (κ2) is 9.21. The molecular formula is C26H33N3O3S. The monoisotopic (exact) mass is 467 g/mol. The average Bonchev–Trinajstić information content (AvgIpc) is 3.11. The van der Waals surface area contributed by atoms with Gasteiger partial charge in [-0.15, -0.1) is 11.3 Å². The number of hydrogen-bond donors (Lipinski definition) is 2. The Kier molecular flexibility index (Phi) is 6.52. The number of nitrogen functional groups attached to an aromatic ring is 1. The molecule has 176 valence electrons. The van der Waals surface area contributed by atoms with E-state index in [1.807, 2.05) is 18.2 Å². The number of anilines is 1. The fourth-order valence-corrected chi connectivity index (χ4v) is 5.55. The molecular weight excluding hydrogens is 434 g/mol. The summed E-state index contributed by atoms with van der Waals surface area (Å²) in [5.74, 6) is 1.84. The predicted molar refractivity (Wildman–Crippen MR) is 135 cm³/mol. The number of rotatable bonds is 6. The Labute approximate surface area is 199 Å². The van der Waals surface area contributed by atoms with Gasteiger partial charge in [0.25, 0.3) is 5.91 Å². The lowest BCUT2D eigenvalue weighted by molar-refractivity contribution is 0.0959. The van der Waals surface area contributed by atoms with Crippen LogP contribution in [0, 0.1) is 11.3 Å². The number of carbonyl (C=O) groups excluding carboxylic acids is 1. The predicted octanol–water partition coefficient (Wildman–Crippen LogP) is 5.02. The number of pyridine rings is 1. The number of aromatic nitrogens is 1. The molecule has 2 aromatic heterocycles. The van der Waals surface area contributed by atoms with Crippen LogP contribution in [-0.2, 0) is 19.3 Å². The molecule has 0 fully saturated rings. The quantitative estimate of drug-likeness (QED) is 0.532. The molecule has 33 heavy (non-hydrogen) atoms. The van der Waals surface area contributed by atoms with E-state index < -0.39 is 0 Å². The van der Waals surface area contributed by atoms with E-state index in [9.17, 15) is 4.79 Å². The number of carbonyl (C=O) groups is 1. The van der Waals surface area contributed by atoms with Gasteiger partial charge in [-0.25, -0.2) is 4.98 Å². The molecule has 0 aliphatic heterocycles. The van der Waals surface area contributed by atoms with Crippen LogP contribution in [0.5, 0.6) is 11.5 Å². The van der Waals surface area contributed by atoms with Crippen molar-refractivity contribution >= 4 is 33.1 Å². The summed E-state index contributed by atoms with van der Waals surface area (Å²) >= 11 is 1.38. The molecule has 1 aliphatic carbocycles. The van der Waals surface area contributed by atoms with Gasteiger partial charge in [0.2, 0.25) is 0 Å². The smallest absolute Gasteiger partial charge is 0.263 e. The van der Waals surface area contributed by atoms with E-state index in [1.54, 1.807) is 14.2 Å². The largest absolute Gasteiger partial charge is 0.493 e. The van der Waals surface area contributed by atoms with Gasteiger partial charge in [0.15, 0.2) is 11.5 Å². The molecule has 0 saturated carbocycles. The molecule has 1 aliphatic rings. The van der Waals surface area contributed by atoms with Crippen molar-refractivity contribution < 1.29 is 14.3 Å². The fourth-order valence-electron chi connectivity index (χ4n) is 4.53. The van der Waals surface area contributed by atoms with Crippen molar-refractivity contribution in [1.82, 2.24) is 10.3 Å². The number of hydrogen-bond acceptors (Lipinski definition) is 6. The molecule has 0 radical (unpaired) electrons. The summed E-state index contributed by atoms with van der Waals surface area (Å²) in [4.78, 5) is 19.2. The molecule has 3 aromatic rings. The minimum absolute atomic E-state index is 0.151. The van der Waals surface area contributed by atoms with Gasteiger partial charge in [-0.2, -0.15) is 0 Å². The van der Waals surface area contributed by atoms with Crippen molar-refractivity contribution in [3.8, 4) is 11.5 Å². The maximum atomic E-state index is 12.9. The number of methoxy groups -OCH3 is 2. The molecule has 0 spiro atoms. The van der Waals surface area contributed by atoms with Crippen LogP contribution in [0.4, 0.5) is 5.69 Å². The minimum Gasteiger partial charge on any atom is -0.493 e. The number of nitrogens with two attached hydrogens (primary N) is 1. The summed E-state index contributed by atoms with van der Waals surface area (Å²) in [6.45, 7) is 7.41. The molecule has 6 nitrogen and oxygen atoms in total. The third kappa shape index (κ3) is 4.78. The Morgan fingerprint density at radius 1 is 1.21 bits per heavy atom. The van der Waals surface area contributed by atoms with Gasteiger partial charge < -0.3 is 20.5 Å². The van der Waals surface area contributed by atoms with Crippen LogP contribution in [0.25, 0.3) is 10.2 Å². The van der Waals surface area contributed by atoms with Crippen LogP contribution in [0.15, 0.2) is 24.3 Å². The maximum Gasteiger partial charge on any atom is 0.263 e. The zero-order valence-electron chi connectivity index (χ0n) is 20.1. The van der Waals surface area contributed by atoms with E-state index in [0.29, 0.717) is 40.9 Å². The van der Waals surface area contributed by atoms with E-state index in [-0.39, 0.29) is 11.3 Å². The first kappa shape index (κ1) is 23.4. The van der Waals surface area contributed by atoms with Crippen LogP contribution >= 0.6 is 11.3 Å². The van der Waals surface area contributed by atoms with Gasteiger partial charge in [0.05, 0.1) is 19.9 Å². The molecule has 1 amide bonds. The standard InChI is InChI=1S/C26H33N3O3S/c1-26(2,3)17-7-8-19-16(13-17)14-18-22(27)23(33-25(18)29-19)24(30)28-11-10-15-6-9-20(31-4)21(12-15)32-5/h6,9,12,14,17H,7-8,10-11,13,27H2,1-5H3,(H,28,30)/t17-/m0/s1. The van der Waals surface area contributed by atoms with Gasteiger partial charge in [-0.3, -0.25) is 4.79 Å². The summed E-state index contributed by atoms with van der Waals surface area (Å²) in [5, 5.41) is 3.90. The second-order valence-corrected chi connectivity index (χ2v) is 10.8. The molecule has 0 saturated heterocycles. The number of amides is 1. The highest BCUT2D eigenvalue weighted by atomic mass is 32.1. The normalized spacial score (nSPS) is 15.8. The second-order valence-electron chi connectivity index (χ2n) is 9.79. The lowest BCUT2D eigenvalue weighted by Crippen LogP contribution is -2.27. The van der Waals surface area contributed by atoms with Gasteiger partial charge in [-0.05, 0) is 66.3 Å². The molecule has 2 heterocycles. The highest BCUT2D eigenvalue weighted by Gasteiger charge is 2.30. The Hall–Kier alpha value is -2.80. The molecule has 0 bridgehead atoms. The number of benzene rings is 1. The number of ether oxygens (including phenoxy) is 2. The summed E-state index contributed by atoms with van der Waals surface area (Å²) in [7, 11) is 3.23. The highest BCUT2D eigenvalue weighted by Crippen LogP contribution is 2.40. The maximum absolute atomic E-state index is 12.9. The average molecular weight is 468 g/mol. The summed E-state index contributed by atoms with van der Waals surface area (Å²) in [6.07, 6.45) is 3.83. The van der Waals surface area contributed by atoms with Crippen molar-refractivity contribution in [2.24, 2.45) is 11.3 Å². The van der Waals surface area contributed by atoms with Crippen molar-refractivity contribution in [3.05, 3.63) is 46.0 Å². The Morgan fingerprint density at radius 3 is 2.67 bits per heavy atom. The summed E-state index contributed by atoms with van der Waals surface area (Å²) < 4.78 is 10.6. The van der Waals surface area contributed by atoms with Crippen LogP contribution in [0.1, 0.15) is 53.7 Å². The van der Waals surface area contributed by atoms with Gasteiger partial charge in [-0.1, -0.05) is 26.8 Å². The molecule has 7 heteroatoms. The number of thiophene rings is 1. The Morgan fingerprint density at radius 2 is 1.97 bits per heavy atom. The molecule has 0 unspecified atom stereocenters. The highest BCUT2D eigenvalue weighted by molar-refractivity contribution is 7.21. The van der Waals surface area contributed by atoms with Gasteiger partial charge in [0, 0.05) is 17.6 Å². The zero-order valence-corrected chi connectivity index (χ0v) is 20.9. The van der Waals surface area contributed by atoms with Crippen LogP contribution in [0.2, 0.25) is 0 Å². The number of fused-ring (bicyclic) bond motifs is 2. The van der Waals surface area contributed by atoms with Crippen molar-refractivity contribution in [3.63, 3.8) is 0 Å². The molecule has 1 aromatic carbocycles. The van der Waals surface area contributed by atoms with Crippen molar-refractivity contribution in [1.29, 1.82) is 0 Å². The van der Waals surface area contributed by atoms with E-state index in [4.69, 9.17) is 20.2 Å². The van der Waals surface area contributed by atoms with E-state index in [0.717, 1.165) is 40.7 Å². The minimum atomic E-state index is -0.151. The third-order valence-electron chi connectivity index (χ3n) is 6.66. The molecule has 4 rings (SSSR count). The molecule has 1 atom stereocenters. The van der Waals surface area contributed by atoms with Crippen LogP contribution in [0.3, 0.4) is 0 Å². The lowest BCUT2D eigenvalue weighted by Gasteiger charge is -2.34. The van der Waals surface area contributed by atoms with Crippen molar-refractivity contribution in [2.75, 3.05) is 26.5 Å². The third-order valence-corrected chi connectivity index (χ3v) is 7.78. The SMILES string of the molecule is COc1ccc(CCNC(=O)c2sc3nc4c(cc3c2N)C[C@@H](C(C)(C)C)CC4)cc1OC. The molecule has 3 N–H and O–H groups in total. The summed E-state index contributed by atoms with van der Waals surface area (Å²) in [5.41, 5.74) is 10.7. The van der Waals surface area contributed by atoms with E-state index in [2.05, 4.69) is 32.2 Å².